The predicted molar refractivity (Wildman–Crippen MR) is 90.5 cm³/mol. The fourth-order valence-electron chi connectivity index (χ4n) is 2.96. The number of urea groups is 1. The minimum atomic E-state index is -0.289. The Kier molecular flexibility index (Phi) is 6.28. The van der Waals surface area contributed by atoms with Crippen LogP contribution < -0.4 is 10.1 Å². The van der Waals surface area contributed by atoms with Gasteiger partial charge < -0.3 is 20.1 Å². The number of carbonyl (C=O) groups excluding carboxylic acids is 1. The van der Waals surface area contributed by atoms with Gasteiger partial charge in [0.2, 0.25) is 0 Å². The van der Waals surface area contributed by atoms with Crippen molar-refractivity contribution in [1.29, 1.82) is 0 Å². The molecule has 1 saturated heterocycles. The van der Waals surface area contributed by atoms with Gasteiger partial charge in [-0.3, -0.25) is 0 Å². The van der Waals surface area contributed by atoms with Crippen LogP contribution >= 0.6 is 0 Å². The summed E-state index contributed by atoms with van der Waals surface area (Å²) in [6.07, 6.45) is 1.44. The van der Waals surface area contributed by atoms with Crippen molar-refractivity contribution in [2.24, 2.45) is 5.92 Å². The molecule has 2 amide bonds. The van der Waals surface area contributed by atoms with E-state index in [1.54, 1.807) is 0 Å². The summed E-state index contributed by atoms with van der Waals surface area (Å²) in [7, 11) is 0. The van der Waals surface area contributed by atoms with Crippen LogP contribution in [0, 0.1) is 5.92 Å². The van der Waals surface area contributed by atoms with Crippen LogP contribution in [0.2, 0.25) is 0 Å². The van der Waals surface area contributed by atoms with Crippen LogP contribution in [0.25, 0.3) is 0 Å². The highest BCUT2D eigenvalue weighted by Crippen LogP contribution is 2.22. The molecule has 0 aromatic heterocycles. The molecule has 0 saturated carbocycles. The molecule has 1 aromatic rings. The lowest BCUT2D eigenvalue weighted by Gasteiger charge is -2.34. The fraction of sp³-hybridized carbons (Fsp3) is 0.611. The summed E-state index contributed by atoms with van der Waals surface area (Å²) in [5, 5.41) is 12.7. The van der Waals surface area contributed by atoms with Gasteiger partial charge in [0.05, 0.1) is 18.8 Å². The van der Waals surface area contributed by atoms with Crippen molar-refractivity contribution >= 4 is 6.03 Å². The van der Waals surface area contributed by atoms with E-state index in [4.69, 9.17) is 4.74 Å². The number of ether oxygens (including phenoxy) is 1. The second-order valence-electron chi connectivity index (χ2n) is 6.24. The molecule has 1 aliphatic rings. The summed E-state index contributed by atoms with van der Waals surface area (Å²) in [6, 6.07) is 7.74. The maximum absolute atomic E-state index is 12.4. The van der Waals surface area contributed by atoms with Crippen LogP contribution in [0.3, 0.4) is 0 Å². The van der Waals surface area contributed by atoms with Crippen LogP contribution in [0.4, 0.5) is 4.79 Å². The molecule has 2 N–H and O–H groups in total. The lowest BCUT2D eigenvalue weighted by Crippen LogP contribution is -2.46. The van der Waals surface area contributed by atoms with Crippen molar-refractivity contribution in [3.8, 4) is 5.75 Å². The van der Waals surface area contributed by atoms with Gasteiger partial charge >= 0.3 is 6.03 Å². The van der Waals surface area contributed by atoms with Gasteiger partial charge in [-0.05, 0) is 57.2 Å². The fourth-order valence-corrected chi connectivity index (χ4v) is 2.96. The number of likely N-dealkylation sites (tertiary alicyclic amines) is 1. The van der Waals surface area contributed by atoms with Gasteiger partial charge in [0.15, 0.2) is 0 Å². The van der Waals surface area contributed by atoms with Crippen LogP contribution in [-0.2, 0) is 0 Å². The summed E-state index contributed by atoms with van der Waals surface area (Å²) in [6.45, 7) is 7.82. The van der Waals surface area contributed by atoms with E-state index >= 15 is 0 Å². The molecule has 2 rings (SSSR count). The lowest BCUT2D eigenvalue weighted by atomic mass is 9.92. The van der Waals surface area contributed by atoms with E-state index in [0.29, 0.717) is 25.6 Å². The van der Waals surface area contributed by atoms with Crippen molar-refractivity contribution < 1.29 is 14.6 Å². The lowest BCUT2D eigenvalue weighted by molar-refractivity contribution is 0.0794. The third kappa shape index (κ3) is 4.86. The molecule has 0 aliphatic carbocycles. The number of amides is 2. The molecule has 1 aliphatic heterocycles. The average molecular weight is 320 g/mol. The molecule has 23 heavy (non-hydrogen) atoms. The molecule has 1 heterocycles. The van der Waals surface area contributed by atoms with Gasteiger partial charge in [0, 0.05) is 13.1 Å². The van der Waals surface area contributed by atoms with E-state index in [2.05, 4.69) is 5.32 Å². The average Bonchev–Trinajstić information content (AvgIpc) is 2.55. The quantitative estimate of drug-likeness (QED) is 0.877. The first-order valence-corrected chi connectivity index (χ1v) is 8.47. The van der Waals surface area contributed by atoms with Gasteiger partial charge in [-0.15, -0.1) is 0 Å². The second-order valence-corrected chi connectivity index (χ2v) is 6.24. The molecule has 5 nitrogen and oxygen atoms in total. The number of nitrogens with one attached hydrogen (secondary N) is 1. The molecule has 2 atom stereocenters. The molecular weight excluding hydrogens is 292 g/mol. The number of rotatable bonds is 5. The van der Waals surface area contributed by atoms with Crippen LogP contribution in [0.1, 0.15) is 45.2 Å². The normalized spacial score (nSPS) is 18.3. The Hall–Kier alpha value is -1.75. The van der Waals surface area contributed by atoms with Crippen molar-refractivity contribution in [2.75, 3.05) is 19.7 Å². The SMILES string of the molecule is CCOc1ccc(C(C)NC(=O)N2CCC(C(C)O)CC2)cc1. The minimum absolute atomic E-state index is 0.0320. The Morgan fingerprint density at radius 3 is 2.43 bits per heavy atom. The summed E-state index contributed by atoms with van der Waals surface area (Å²) in [4.78, 5) is 14.2. The first-order chi connectivity index (χ1) is 11.0. The van der Waals surface area contributed by atoms with Gasteiger partial charge in [-0.25, -0.2) is 4.79 Å². The number of hydrogen-bond donors (Lipinski definition) is 2. The highest BCUT2D eigenvalue weighted by Gasteiger charge is 2.26. The predicted octanol–water partition coefficient (Wildman–Crippen LogP) is 2.95. The monoisotopic (exact) mass is 320 g/mol. The zero-order chi connectivity index (χ0) is 16.8. The number of benzene rings is 1. The highest BCUT2D eigenvalue weighted by atomic mass is 16.5. The van der Waals surface area contributed by atoms with E-state index in [-0.39, 0.29) is 18.2 Å². The first kappa shape index (κ1) is 17.6. The third-order valence-electron chi connectivity index (χ3n) is 4.54. The molecular formula is C18H28N2O3. The molecule has 0 radical (unpaired) electrons. The van der Waals surface area contributed by atoms with Crippen LogP contribution in [0.15, 0.2) is 24.3 Å². The number of aliphatic hydroxyl groups is 1. The zero-order valence-electron chi connectivity index (χ0n) is 14.3. The number of piperidine rings is 1. The summed E-state index contributed by atoms with van der Waals surface area (Å²) >= 11 is 0. The second kappa shape index (κ2) is 8.20. The molecule has 1 aromatic carbocycles. The Balaban J connectivity index is 1.85. The number of carbonyl (C=O) groups is 1. The Morgan fingerprint density at radius 2 is 1.91 bits per heavy atom. The Morgan fingerprint density at radius 1 is 1.30 bits per heavy atom. The molecule has 0 bridgehead atoms. The number of nitrogens with zero attached hydrogens (tertiary/aromatic N) is 1. The van der Waals surface area contributed by atoms with Gasteiger partial charge in [-0.2, -0.15) is 0 Å². The maximum atomic E-state index is 12.4. The smallest absolute Gasteiger partial charge is 0.317 e. The Bertz CT molecular complexity index is 493. The Labute approximate surface area is 138 Å². The van der Waals surface area contributed by atoms with Crippen LogP contribution in [0.5, 0.6) is 5.75 Å². The highest BCUT2D eigenvalue weighted by molar-refractivity contribution is 5.74. The van der Waals surface area contributed by atoms with Gasteiger partial charge in [0.1, 0.15) is 5.75 Å². The topological polar surface area (TPSA) is 61.8 Å². The summed E-state index contributed by atoms with van der Waals surface area (Å²) < 4.78 is 5.43. The molecule has 128 valence electrons. The van der Waals surface area contributed by atoms with Crippen LogP contribution in [-0.4, -0.2) is 41.8 Å². The first-order valence-electron chi connectivity index (χ1n) is 8.47. The van der Waals surface area contributed by atoms with E-state index in [9.17, 15) is 9.90 Å². The van der Waals surface area contributed by atoms with E-state index in [0.717, 1.165) is 24.2 Å². The number of hydrogen-bond acceptors (Lipinski definition) is 3. The van der Waals surface area contributed by atoms with Gasteiger partial charge in [-0.1, -0.05) is 12.1 Å². The maximum Gasteiger partial charge on any atom is 0.317 e. The molecule has 2 unspecified atom stereocenters. The van der Waals surface area contributed by atoms with E-state index in [1.165, 1.54) is 0 Å². The van der Waals surface area contributed by atoms with Gasteiger partial charge in [0.25, 0.3) is 0 Å². The number of aliphatic hydroxyl groups excluding tert-OH is 1. The minimum Gasteiger partial charge on any atom is -0.494 e. The summed E-state index contributed by atoms with van der Waals surface area (Å²) in [5.74, 6) is 1.15. The largest absolute Gasteiger partial charge is 0.494 e. The van der Waals surface area contributed by atoms with Crippen molar-refractivity contribution in [3.63, 3.8) is 0 Å². The van der Waals surface area contributed by atoms with E-state index < -0.39 is 0 Å². The standard InChI is InChI=1S/C18H28N2O3/c1-4-23-17-7-5-15(6-8-17)13(2)19-18(22)20-11-9-16(10-12-20)14(3)21/h5-8,13-14,16,21H,4,9-12H2,1-3H3,(H,19,22). The summed E-state index contributed by atoms with van der Waals surface area (Å²) in [5.41, 5.74) is 1.06. The molecule has 5 heteroatoms. The third-order valence-corrected chi connectivity index (χ3v) is 4.54. The van der Waals surface area contributed by atoms with Crippen molar-refractivity contribution in [3.05, 3.63) is 29.8 Å². The van der Waals surface area contributed by atoms with E-state index in [1.807, 2.05) is 49.9 Å². The zero-order valence-corrected chi connectivity index (χ0v) is 14.3. The van der Waals surface area contributed by atoms with Crippen molar-refractivity contribution in [2.45, 2.75) is 45.8 Å². The molecule has 1 fully saturated rings. The van der Waals surface area contributed by atoms with Crippen molar-refractivity contribution in [1.82, 2.24) is 10.2 Å². The molecule has 0 spiro atoms.